The molecule has 0 rings (SSSR count). The van der Waals surface area contributed by atoms with Crippen molar-refractivity contribution in [3.8, 4) is 0 Å². The molecule has 0 amide bonds. The molecular formula is C11H25N3O. The van der Waals surface area contributed by atoms with Crippen LogP contribution in [0.5, 0.6) is 0 Å². The number of hydrogen-bond donors (Lipinski definition) is 2. The molecule has 0 spiro atoms. The molecule has 4 heteroatoms. The minimum Gasteiger partial charge on any atom is -0.409 e. The highest BCUT2D eigenvalue weighted by Crippen LogP contribution is 2.06. The Labute approximate surface area is 93.1 Å². The van der Waals surface area contributed by atoms with Gasteiger partial charge in [-0.15, -0.1) is 0 Å². The fourth-order valence-electron chi connectivity index (χ4n) is 1.54. The van der Waals surface area contributed by atoms with E-state index in [0.717, 1.165) is 19.5 Å². The molecule has 0 saturated carbocycles. The molecule has 0 aromatic rings. The van der Waals surface area contributed by atoms with Crippen LogP contribution in [0.2, 0.25) is 0 Å². The van der Waals surface area contributed by atoms with E-state index in [1.165, 1.54) is 0 Å². The Morgan fingerprint density at radius 1 is 1.33 bits per heavy atom. The number of rotatable bonds is 7. The molecule has 0 aliphatic rings. The van der Waals surface area contributed by atoms with Crippen molar-refractivity contribution < 1.29 is 5.21 Å². The van der Waals surface area contributed by atoms with Crippen molar-refractivity contribution in [3.63, 3.8) is 0 Å². The lowest BCUT2D eigenvalue weighted by Gasteiger charge is -2.28. The third-order valence-corrected chi connectivity index (χ3v) is 2.34. The van der Waals surface area contributed by atoms with Gasteiger partial charge in [0.1, 0.15) is 5.84 Å². The minimum absolute atomic E-state index is 0.322. The Bertz CT molecular complexity index is 190. The maximum atomic E-state index is 8.40. The zero-order chi connectivity index (χ0) is 11.8. The lowest BCUT2D eigenvalue weighted by molar-refractivity contribution is 0.196. The van der Waals surface area contributed by atoms with Gasteiger partial charge >= 0.3 is 0 Å². The van der Waals surface area contributed by atoms with Crippen molar-refractivity contribution in [3.05, 3.63) is 0 Å². The van der Waals surface area contributed by atoms with Gasteiger partial charge in [0.15, 0.2) is 0 Å². The van der Waals surface area contributed by atoms with E-state index in [4.69, 9.17) is 10.9 Å². The van der Waals surface area contributed by atoms with Crippen LogP contribution in [0.4, 0.5) is 0 Å². The van der Waals surface area contributed by atoms with Crippen LogP contribution in [0.3, 0.4) is 0 Å². The van der Waals surface area contributed by atoms with Crippen molar-refractivity contribution in [2.75, 3.05) is 13.1 Å². The van der Waals surface area contributed by atoms with E-state index in [2.05, 4.69) is 37.8 Å². The Balaban J connectivity index is 3.86. The largest absolute Gasteiger partial charge is 0.409 e. The molecule has 0 aliphatic heterocycles. The van der Waals surface area contributed by atoms with Crippen molar-refractivity contribution in [1.82, 2.24) is 4.90 Å². The maximum Gasteiger partial charge on any atom is 0.139 e. The van der Waals surface area contributed by atoms with Crippen LogP contribution in [-0.2, 0) is 0 Å². The molecule has 0 aromatic carbocycles. The lowest BCUT2D eigenvalue weighted by Crippen LogP contribution is -2.35. The van der Waals surface area contributed by atoms with Crippen LogP contribution in [0.25, 0.3) is 0 Å². The van der Waals surface area contributed by atoms with E-state index in [1.54, 1.807) is 0 Å². The zero-order valence-electron chi connectivity index (χ0n) is 10.4. The van der Waals surface area contributed by atoms with E-state index in [9.17, 15) is 0 Å². The summed E-state index contributed by atoms with van der Waals surface area (Å²) in [6.07, 6.45) is 1.61. The highest BCUT2D eigenvalue weighted by Gasteiger charge is 2.10. The first kappa shape index (κ1) is 14.2. The smallest absolute Gasteiger partial charge is 0.139 e. The second-order valence-electron chi connectivity index (χ2n) is 4.68. The molecule has 0 saturated heterocycles. The lowest BCUT2D eigenvalue weighted by atomic mass is 10.1. The van der Waals surface area contributed by atoms with Gasteiger partial charge < -0.3 is 15.8 Å². The monoisotopic (exact) mass is 215 g/mol. The minimum atomic E-state index is 0.322. The van der Waals surface area contributed by atoms with Crippen molar-refractivity contribution in [2.24, 2.45) is 16.8 Å². The summed E-state index contributed by atoms with van der Waals surface area (Å²) in [7, 11) is 0. The molecule has 0 aromatic heterocycles. The third kappa shape index (κ3) is 7.19. The summed E-state index contributed by atoms with van der Waals surface area (Å²) in [5.74, 6) is 1.000. The van der Waals surface area contributed by atoms with Gasteiger partial charge in [0.2, 0.25) is 0 Å². The molecule has 4 nitrogen and oxygen atoms in total. The van der Waals surface area contributed by atoms with Gasteiger partial charge in [0.25, 0.3) is 0 Å². The average molecular weight is 215 g/mol. The van der Waals surface area contributed by atoms with Crippen LogP contribution < -0.4 is 5.73 Å². The van der Waals surface area contributed by atoms with Gasteiger partial charge in [-0.05, 0) is 32.7 Å². The quantitative estimate of drug-likeness (QED) is 0.295. The summed E-state index contributed by atoms with van der Waals surface area (Å²) in [4.78, 5) is 2.43. The van der Waals surface area contributed by atoms with Crippen molar-refractivity contribution in [1.29, 1.82) is 0 Å². The van der Waals surface area contributed by atoms with Gasteiger partial charge in [-0.3, -0.25) is 0 Å². The Morgan fingerprint density at radius 3 is 2.33 bits per heavy atom. The summed E-state index contributed by atoms with van der Waals surface area (Å²) in [5, 5.41) is 11.4. The zero-order valence-corrected chi connectivity index (χ0v) is 10.4. The summed E-state index contributed by atoms with van der Waals surface area (Å²) < 4.78 is 0. The van der Waals surface area contributed by atoms with E-state index >= 15 is 0 Å². The second kappa shape index (κ2) is 7.51. The van der Waals surface area contributed by atoms with Gasteiger partial charge in [-0.1, -0.05) is 19.0 Å². The van der Waals surface area contributed by atoms with Gasteiger partial charge in [0.05, 0.1) is 0 Å². The summed E-state index contributed by atoms with van der Waals surface area (Å²) in [5.41, 5.74) is 5.42. The predicted octanol–water partition coefficient (Wildman–Crippen LogP) is 1.88. The van der Waals surface area contributed by atoms with Crippen LogP contribution >= 0.6 is 0 Å². The summed E-state index contributed by atoms with van der Waals surface area (Å²) in [6.45, 7) is 11.0. The first-order chi connectivity index (χ1) is 6.97. The van der Waals surface area contributed by atoms with Crippen LogP contribution in [0.15, 0.2) is 5.16 Å². The highest BCUT2D eigenvalue weighted by atomic mass is 16.4. The van der Waals surface area contributed by atoms with Crippen LogP contribution in [0, 0.1) is 5.92 Å². The molecule has 15 heavy (non-hydrogen) atoms. The molecular weight excluding hydrogens is 190 g/mol. The molecule has 0 heterocycles. The molecule has 0 atom stereocenters. The molecule has 0 aliphatic carbocycles. The Hall–Kier alpha value is -0.770. The first-order valence-electron chi connectivity index (χ1n) is 5.67. The first-order valence-corrected chi connectivity index (χ1v) is 5.67. The topological polar surface area (TPSA) is 61.8 Å². The fourth-order valence-corrected chi connectivity index (χ4v) is 1.54. The number of oxime groups is 1. The molecule has 0 bridgehead atoms. The highest BCUT2D eigenvalue weighted by molar-refractivity contribution is 5.79. The number of amidine groups is 1. The molecule has 90 valence electrons. The predicted molar refractivity (Wildman–Crippen MR) is 64.2 cm³/mol. The van der Waals surface area contributed by atoms with Gasteiger partial charge in [-0.25, -0.2) is 0 Å². The molecule has 0 unspecified atom stereocenters. The van der Waals surface area contributed by atoms with Gasteiger partial charge in [-0.2, -0.15) is 0 Å². The average Bonchev–Trinajstić information content (AvgIpc) is 2.15. The number of nitrogens with two attached hydrogens (primary N) is 1. The van der Waals surface area contributed by atoms with Crippen LogP contribution in [0.1, 0.15) is 40.5 Å². The maximum absolute atomic E-state index is 8.40. The van der Waals surface area contributed by atoms with E-state index in [0.29, 0.717) is 24.2 Å². The fraction of sp³-hybridized carbons (Fsp3) is 0.909. The normalized spacial score (nSPS) is 13.1. The molecule has 3 N–H and O–H groups in total. The van der Waals surface area contributed by atoms with E-state index in [-0.39, 0.29) is 0 Å². The molecule has 0 fully saturated rings. The SMILES string of the molecule is CC(C)CN(CCCC(N)=NO)C(C)C. The van der Waals surface area contributed by atoms with E-state index < -0.39 is 0 Å². The molecule has 0 radical (unpaired) electrons. The number of nitrogens with zero attached hydrogens (tertiary/aromatic N) is 2. The second-order valence-corrected chi connectivity index (χ2v) is 4.68. The Kier molecular flexibility index (Phi) is 7.13. The Morgan fingerprint density at radius 2 is 1.93 bits per heavy atom. The van der Waals surface area contributed by atoms with E-state index in [1.807, 2.05) is 0 Å². The third-order valence-electron chi connectivity index (χ3n) is 2.34. The van der Waals surface area contributed by atoms with Crippen LogP contribution in [-0.4, -0.2) is 35.1 Å². The van der Waals surface area contributed by atoms with Gasteiger partial charge in [0, 0.05) is 19.0 Å². The van der Waals surface area contributed by atoms with Crippen molar-refractivity contribution in [2.45, 2.75) is 46.6 Å². The summed E-state index contributed by atoms with van der Waals surface area (Å²) in [6, 6.07) is 0.555. The standard InChI is InChI=1S/C11H25N3O/c1-9(2)8-14(10(3)4)7-5-6-11(12)13-15/h9-10,15H,5-8H2,1-4H3,(H2,12,13). The summed E-state index contributed by atoms with van der Waals surface area (Å²) >= 11 is 0. The number of hydrogen-bond acceptors (Lipinski definition) is 3. The van der Waals surface area contributed by atoms with Crippen molar-refractivity contribution >= 4 is 5.84 Å².